The van der Waals surface area contributed by atoms with Crippen LogP contribution in [0, 0.1) is 0 Å². The number of rotatable bonds is 10. The Balaban J connectivity index is 1.57. The second-order valence-electron chi connectivity index (χ2n) is 6.18. The summed E-state index contributed by atoms with van der Waals surface area (Å²) in [7, 11) is 0. The quantitative estimate of drug-likeness (QED) is 0.383. The molecule has 5 nitrogen and oxygen atoms in total. The van der Waals surface area contributed by atoms with Gasteiger partial charge in [0.2, 0.25) is 0 Å². The molecule has 0 heterocycles. The maximum Gasteiger partial charge on any atom is 0.344 e. The Bertz CT molecular complexity index is 717. The molecule has 0 unspecified atom stereocenters. The molecular weight excluding hydrogens is 362 g/mol. The van der Waals surface area contributed by atoms with Crippen molar-refractivity contribution in [2.24, 2.45) is 0 Å². The predicted molar refractivity (Wildman–Crippen MR) is 107 cm³/mol. The van der Waals surface area contributed by atoms with E-state index in [1.807, 2.05) is 54.6 Å². The molecule has 1 N–H and O–H groups in total. The first-order valence-electron chi connectivity index (χ1n) is 8.87. The first-order chi connectivity index (χ1) is 13.0. The highest BCUT2D eigenvalue weighted by Crippen LogP contribution is 2.18. The van der Waals surface area contributed by atoms with Crippen LogP contribution < -0.4 is 10.1 Å². The van der Waals surface area contributed by atoms with E-state index in [0.29, 0.717) is 18.2 Å². The largest absolute Gasteiger partial charge is 0.482 e. The second-order valence-corrected chi connectivity index (χ2v) is 7.35. The Labute approximate surface area is 164 Å². The van der Waals surface area contributed by atoms with Crippen molar-refractivity contribution in [3.05, 3.63) is 60.2 Å². The van der Waals surface area contributed by atoms with Crippen LogP contribution in [0.5, 0.6) is 5.75 Å². The van der Waals surface area contributed by atoms with E-state index in [4.69, 9.17) is 9.47 Å². The Morgan fingerprint density at radius 1 is 1.00 bits per heavy atom. The molecule has 6 heteroatoms. The van der Waals surface area contributed by atoms with Gasteiger partial charge in [-0.15, -0.1) is 11.8 Å². The molecule has 0 radical (unpaired) electrons. The summed E-state index contributed by atoms with van der Waals surface area (Å²) in [6.07, 6.45) is 0. The van der Waals surface area contributed by atoms with Crippen molar-refractivity contribution in [3.63, 3.8) is 0 Å². The lowest BCUT2D eigenvalue weighted by Gasteiger charge is -2.09. The highest BCUT2D eigenvalue weighted by Gasteiger charge is 2.08. The minimum atomic E-state index is -0.572. The molecule has 0 spiro atoms. The summed E-state index contributed by atoms with van der Waals surface area (Å²) in [5, 5.41) is 2.72. The number of carbonyl (C=O) groups is 2. The number of carbonyl (C=O) groups excluding carboxylic acids is 2. The Hall–Kier alpha value is -2.47. The van der Waals surface area contributed by atoms with Crippen LogP contribution in [0.1, 0.15) is 25.3 Å². The van der Waals surface area contributed by atoms with Gasteiger partial charge in [-0.3, -0.25) is 4.79 Å². The molecule has 0 aromatic heterocycles. The average molecular weight is 388 g/mol. The Morgan fingerprint density at radius 2 is 1.70 bits per heavy atom. The van der Waals surface area contributed by atoms with Gasteiger partial charge in [0.05, 0.1) is 0 Å². The normalized spacial score (nSPS) is 10.5. The highest BCUT2D eigenvalue weighted by molar-refractivity contribution is 7.99. The zero-order chi connectivity index (χ0) is 19.5. The fourth-order valence-electron chi connectivity index (χ4n) is 2.21. The Kier molecular flexibility index (Phi) is 8.71. The number of thioether (sulfide) groups is 1. The summed E-state index contributed by atoms with van der Waals surface area (Å²) in [5.74, 6) is 0.890. The average Bonchev–Trinajstić information content (AvgIpc) is 2.69. The molecule has 2 rings (SSSR count). The van der Waals surface area contributed by atoms with Crippen LogP contribution >= 0.6 is 11.8 Å². The van der Waals surface area contributed by atoms with Crippen molar-refractivity contribution in [1.82, 2.24) is 5.32 Å². The highest BCUT2D eigenvalue weighted by atomic mass is 32.2. The molecule has 1 amide bonds. The van der Waals surface area contributed by atoms with Gasteiger partial charge < -0.3 is 14.8 Å². The van der Waals surface area contributed by atoms with E-state index < -0.39 is 5.97 Å². The van der Waals surface area contributed by atoms with E-state index in [1.165, 1.54) is 5.56 Å². The van der Waals surface area contributed by atoms with Crippen LogP contribution in [-0.2, 0) is 14.3 Å². The monoisotopic (exact) mass is 387 g/mol. The molecule has 0 atom stereocenters. The second kappa shape index (κ2) is 11.3. The van der Waals surface area contributed by atoms with Gasteiger partial charge in [0.15, 0.2) is 13.2 Å². The standard InChI is InChI=1S/C21H25NO4S/c1-16(2)17-8-10-18(11-9-17)25-15-21(24)26-14-20(23)22-12-13-27-19-6-4-3-5-7-19/h3-11,16H,12-15H2,1-2H3,(H,22,23). The lowest BCUT2D eigenvalue weighted by molar-refractivity contribution is -0.150. The summed E-state index contributed by atoms with van der Waals surface area (Å²) >= 11 is 1.65. The van der Waals surface area contributed by atoms with Gasteiger partial charge in [-0.05, 0) is 35.7 Å². The summed E-state index contributed by atoms with van der Waals surface area (Å²) in [6, 6.07) is 17.5. The van der Waals surface area contributed by atoms with E-state index in [1.54, 1.807) is 11.8 Å². The molecule has 0 fully saturated rings. The number of hydrogen-bond acceptors (Lipinski definition) is 5. The smallest absolute Gasteiger partial charge is 0.344 e. The molecule has 0 aliphatic carbocycles. The van der Waals surface area contributed by atoms with Crippen molar-refractivity contribution in [3.8, 4) is 5.75 Å². The van der Waals surface area contributed by atoms with E-state index in [9.17, 15) is 9.59 Å². The molecule has 2 aromatic carbocycles. The SMILES string of the molecule is CC(C)c1ccc(OCC(=O)OCC(=O)NCCSc2ccccc2)cc1. The van der Waals surface area contributed by atoms with Gasteiger partial charge in [-0.25, -0.2) is 4.79 Å². The minimum absolute atomic E-state index is 0.224. The van der Waals surface area contributed by atoms with Gasteiger partial charge in [0, 0.05) is 17.2 Å². The maximum atomic E-state index is 11.7. The zero-order valence-electron chi connectivity index (χ0n) is 15.6. The number of hydrogen-bond donors (Lipinski definition) is 1. The maximum absolute atomic E-state index is 11.7. The van der Waals surface area contributed by atoms with Crippen molar-refractivity contribution >= 4 is 23.6 Å². The van der Waals surface area contributed by atoms with Gasteiger partial charge in [0.1, 0.15) is 5.75 Å². The van der Waals surface area contributed by atoms with E-state index in [-0.39, 0.29) is 19.1 Å². The molecule has 0 bridgehead atoms. The number of benzene rings is 2. The summed E-state index contributed by atoms with van der Waals surface area (Å²) < 4.78 is 10.3. The van der Waals surface area contributed by atoms with Crippen molar-refractivity contribution in [2.45, 2.75) is 24.7 Å². The van der Waals surface area contributed by atoms with Crippen LogP contribution in [0.15, 0.2) is 59.5 Å². The van der Waals surface area contributed by atoms with Gasteiger partial charge in [-0.1, -0.05) is 44.2 Å². The fraction of sp³-hybridized carbons (Fsp3) is 0.333. The lowest BCUT2D eigenvalue weighted by atomic mass is 10.0. The third-order valence-electron chi connectivity index (χ3n) is 3.70. The molecule has 0 aliphatic rings. The van der Waals surface area contributed by atoms with Crippen LogP contribution in [0.4, 0.5) is 0 Å². The van der Waals surface area contributed by atoms with E-state index >= 15 is 0 Å². The van der Waals surface area contributed by atoms with Crippen LogP contribution in [0.25, 0.3) is 0 Å². The number of nitrogens with one attached hydrogen (secondary N) is 1. The van der Waals surface area contributed by atoms with Crippen molar-refractivity contribution < 1.29 is 19.1 Å². The molecule has 2 aromatic rings. The van der Waals surface area contributed by atoms with Gasteiger partial charge in [0.25, 0.3) is 5.91 Å². The first kappa shape index (κ1) is 20.8. The molecule has 0 aliphatic heterocycles. The third-order valence-corrected chi connectivity index (χ3v) is 4.72. The molecular formula is C21H25NO4S. The topological polar surface area (TPSA) is 64.6 Å². The minimum Gasteiger partial charge on any atom is -0.482 e. The van der Waals surface area contributed by atoms with Crippen LogP contribution in [0.3, 0.4) is 0 Å². The summed E-state index contributed by atoms with van der Waals surface area (Å²) in [4.78, 5) is 24.5. The Morgan fingerprint density at radius 3 is 2.37 bits per heavy atom. The number of amides is 1. The third kappa shape index (κ3) is 8.17. The van der Waals surface area contributed by atoms with Crippen LogP contribution in [-0.4, -0.2) is 37.4 Å². The van der Waals surface area contributed by atoms with Crippen LogP contribution in [0.2, 0.25) is 0 Å². The predicted octanol–water partition coefficient (Wildman–Crippen LogP) is 3.64. The molecule has 144 valence electrons. The molecule has 0 saturated heterocycles. The number of ether oxygens (including phenoxy) is 2. The van der Waals surface area contributed by atoms with E-state index in [0.717, 1.165) is 10.6 Å². The first-order valence-corrected chi connectivity index (χ1v) is 9.86. The zero-order valence-corrected chi connectivity index (χ0v) is 16.5. The molecule has 0 saturated carbocycles. The van der Waals surface area contributed by atoms with Crippen molar-refractivity contribution in [1.29, 1.82) is 0 Å². The summed E-state index contributed by atoms with van der Waals surface area (Å²) in [6.45, 7) is 4.20. The van der Waals surface area contributed by atoms with Gasteiger partial charge in [-0.2, -0.15) is 0 Å². The van der Waals surface area contributed by atoms with E-state index in [2.05, 4.69) is 19.2 Å². The van der Waals surface area contributed by atoms with Gasteiger partial charge >= 0.3 is 5.97 Å². The fourth-order valence-corrected chi connectivity index (χ4v) is 3.00. The number of esters is 1. The lowest BCUT2D eigenvalue weighted by Crippen LogP contribution is -2.31. The molecule has 27 heavy (non-hydrogen) atoms. The van der Waals surface area contributed by atoms with Crippen molar-refractivity contribution in [2.75, 3.05) is 25.5 Å². The summed E-state index contributed by atoms with van der Waals surface area (Å²) in [5.41, 5.74) is 1.20.